The van der Waals surface area contributed by atoms with Crippen molar-refractivity contribution in [1.29, 1.82) is 0 Å². The predicted octanol–water partition coefficient (Wildman–Crippen LogP) is 0.643. The Morgan fingerprint density at radius 2 is 2.30 bits per heavy atom. The Morgan fingerprint density at radius 1 is 1.60 bits per heavy atom. The summed E-state index contributed by atoms with van der Waals surface area (Å²) in [6.07, 6.45) is 2.64. The molecule has 1 aliphatic heterocycles. The van der Waals surface area contributed by atoms with Crippen LogP contribution >= 0.6 is 11.8 Å². The van der Waals surface area contributed by atoms with Crippen LogP contribution in [-0.2, 0) is 4.79 Å². The van der Waals surface area contributed by atoms with E-state index in [0.717, 1.165) is 18.6 Å². The Hall–Kier alpha value is -0.220. The third-order valence-corrected chi connectivity index (χ3v) is 3.05. The van der Waals surface area contributed by atoms with E-state index in [2.05, 4.69) is 0 Å². The highest BCUT2D eigenvalue weighted by molar-refractivity contribution is 8.01. The van der Waals surface area contributed by atoms with Crippen LogP contribution < -0.4 is 5.73 Å². The van der Waals surface area contributed by atoms with Gasteiger partial charge in [0.05, 0.1) is 0 Å². The van der Waals surface area contributed by atoms with Crippen LogP contribution in [0.15, 0.2) is 0 Å². The molecule has 1 fully saturated rings. The molecule has 1 heterocycles. The van der Waals surface area contributed by atoms with Crippen molar-refractivity contribution >= 4 is 17.7 Å². The first kappa shape index (κ1) is 7.88. The molecule has 4 heteroatoms. The third-order valence-electron chi connectivity index (χ3n) is 1.66. The van der Waals surface area contributed by atoms with E-state index in [4.69, 9.17) is 10.8 Å². The quantitative estimate of drug-likeness (QED) is 0.592. The summed E-state index contributed by atoms with van der Waals surface area (Å²) in [6.45, 7) is 0. The first-order valence-electron chi connectivity index (χ1n) is 3.31. The molecule has 3 N–H and O–H groups in total. The van der Waals surface area contributed by atoms with Gasteiger partial charge >= 0.3 is 5.97 Å². The van der Waals surface area contributed by atoms with Crippen LogP contribution in [0.1, 0.15) is 19.3 Å². The fraction of sp³-hybridized carbons (Fsp3) is 0.833. The summed E-state index contributed by atoms with van der Waals surface area (Å²) in [5.41, 5.74) is 5.57. The van der Waals surface area contributed by atoms with Gasteiger partial charge in [-0.15, -0.1) is 11.8 Å². The smallest absolute Gasteiger partial charge is 0.334 e. The van der Waals surface area contributed by atoms with Crippen LogP contribution in [-0.4, -0.2) is 21.7 Å². The second-order valence-corrected chi connectivity index (χ2v) is 3.93. The van der Waals surface area contributed by atoms with Crippen LogP contribution in [0.2, 0.25) is 0 Å². The van der Waals surface area contributed by atoms with E-state index in [1.54, 1.807) is 0 Å². The van der Waals surface area contributed by atoms with E-state index >= 15 is 0 Å². The van der Waals surface area contributed by atoms with E-state index in [1.165, 1.54) is 11.8 Å². The number of aliphatic carboxylic acids is 1. The van der Waals surface area contributed by atoms with Crippen LogP contribution in [0, 0.1) is 0 Å². The minimum atomic E-state index is -0.988. The largest absolute Gasteiger partial charge is 0.479 e. The summed E-state index contributed by atoms with van der Waals surface area (Å²) < 4.78 is 0. The Labute approximate surface area is 64.0 Å². The third kappa shape index (κ3) is 1.44. The first-order valence-corrected chi connectivity index (χ1v) is 4.30. The number of thioether (sulfide) groups is 1. The number of hydrogen-bond donors (Lipinski definition) is 2. The van der Waals surface area contributed by atoms with Crippen molar-refractivity contribution < 1.29 is 9.90 Å². The van der Waals surface area contributed by atoms with Gasteiger partial charge in [0.25, 0.3) is 0 Å². The highest BCUT2D eigenvalue weighted by Gasteiger charge is 2.35. The second-order valence-electron chi connectivity index (χ2n) is 2.50. The van der Waals surface area contributed by atoms with Crippen molar-refractivity contribution in [1.82, 2.24) is 0 Å². The number of nitrogens with two attached hydrogens (primary N) is 1. The Bertz CT molecular complexity index is 143. The molecular weight excluding hydrogens is 150 g/mol. The Kier molecular flexibility index (Phi) is 2.21. The van der Waals surface area contributed by atoms with E-state index in [9.17, 15) is 4.79 Å². The molecule has 0 saturated carbocycles. The summed E-state index contributed by atoms with van der Waals surface area (Å²) in [7, 11) is 0. The fourth-order valence-corrected chi connectivity index (χ4v) is 2.11. The Balaban J connectivity index is 2.56. The molecule has 0 aromatic rings. The summed E-state index contributed by atoms with van der Waals surface area (Å²) in [4.78, 5) is 9.54. The summed E-state index contributed by atoms with van der Waals surface area (Å²) in [5.74, 6) is 0.000185. The average Bonchev–Trinajstić information content (AvgIpc) is 1.89. The molecule has 3 nitrogen and oxygen atoms in total. The fourth-order valence-electron chi connectivity index (χ4n) is 0.985. The van der Waals surface area contributed by atoms with Gasteiger partial charge in [0.1, 0.15) is 0 Å². The molecule has 1 saturated heterocycles. The number of hydrogen-bond acceptors (Lipinski definition) is 3. The minimum Gasteiger partial charge on any atom is -0.479 e. The van der Waals surface area contributed by atoms with Crippen molar-refractivity contribution in [3.8, 4) is 0 Å². The van der Waals surface area contributed by atoms with E-state index in [0.29, 0.717) is 6.42 Å². The van der Waals surface area contributed by atoms with Crippen LogP contribution in [0.5, 0.6) is 0 Å². The van der Waals surface area contributed by atoms with Gasteiger partial charge in [-0.1, -0.05) is 0 Å². The van der Waals surface area contributed by atoms with Crippen molar-refractivity contribution in [2.45, 2.75) is 24.1 Å². The predicted molar refractivity (Wildman–Crippen MR) is 40.9 cm³/mol. The number of rotatable bonds is 1. The summed E-state index contributed by atoms with van der Waals surface area (Å²) in [6, 6.07) is 0. The highest BCUT2D eigenvalue weighted by atomic mass is 32.2. The van der Waals surface area contributed by atoms with Crippen LogP contribution in [0.25, 0.3) is 0 Å². The lowest BCUT2D eigenvalue weighted by atomic mass is 10.1. The van der Waals surface area contributed by atoms with Gasteiger partial charge in [0.2, 0.25) is 0 Å². The normalized spacial score (nSPS) is 33.7. The SMILES string of the molecule is NC1(C(=O)O)CCCCS1. The molecule has 10 heavy (non-hydrogen) atoms. The molecule has 0 spiro atoms. The molecule has 1 unspecified atom stereocenters. The molecule has 1 aliphatic rings. The topological polar surface area (TPSA) is 63.3 Å². The molecule has 0 aromatic heterocycles. The summed E-state index contributed by atoms with van der Waals surface area (Å²) in [5, 5.41) is 8.65. The van der Waals surface area contributed by atoms with Gasteiger partial charge < -0.3 is 10.8 Å². The zero-order chi connectivity index (χ0) is 7.61. The molecule has 58 valence electrons. The van der Waals surface area contributed by atoms with Crippen molar-refractivity contribution in [3.05, 3.63) is 0 Å². The molecule has 0 bridgehead atoms. The minimum absolute atomic E-state index is 0.604. The lowest BCUT2D eigenvalue weighted by Gasteiger charge is -2.27. The molecule has 0 radical (unpaired) electrons. The lowest BCUT2D eigenvalue weighted by Crippen LogP contribution is -2.46. The van der Waals surface area contributed by atoms with Crippen molar-refractivity contribution in [2.24, 2.45) is 5.73 Å². The van der Waals surface area contributed by atoms with Gasteiger partial charge in [0, 0.05) is 0 Å². The Morgan fingerprint density at radius 3 is 2.60 bits per heavy atom. The van der Waals surface area contributed by atoms with Crippen LogP contribution in [0.3, 0.4) is 0 Å². The van der Waals surface area contributed by atoms with Crippen molar-refractivity contribution in [3.63, 3.8) is 0 Å². The van der Waals surface area contributed by atoms with E-state index < -0.39 is 10.8 Å². The maximum Gasteiger partial charge on any atom is 0.334 e. The molecular formula is C6H11NO2S. The first-order chi connectivity index (χ1) is 4.65. The van der Waals surface area contributed by atoms with Crippen molar-refractivity contribution in [2.75, 3.05) is 5.75 Å². The number of carbonyl (C=O) groups is 1. The average molecular weight is 161 g/mol. The van der Waals surface area contributed by atoms with Crippen LogP contribution in [0.4, 0.5) is 0 Å². The van der Waals surface area contributed by atoms with E-state index in [1.807, 2.05) is 0 Å². The summed E-state index contributed by atoms with van der Waals surface area (Å²) >= 11 is 1.35. The maximum atomic E-state index is 10.5. The zero-order valence-electron chi connectivity index (χ0n) is 5.67. The monoisotopic (exact) mass is 161 g/mol. The standard InChI is InChI=1S/C6H11NO2S/c7-6(5(8)9)3-1-2-4-10-6/h1-4,7H2,(H,8,9). The number of carboxylic acid groups (broad SMARTS) is 1. The molecule has 1 atom stereocenters. The highest BCUT2D eigenvalue weighted by Crippen LogP contribution is 2.31. The van der Waals surface area contributed by atoms with Gasteiger partial charge in [-0.05, 0) is 25.0 Å². The number of carboxylic acids is 1. The lowest BCUT2D eigenvalue weighted by molar-refractivity contribution is -0.140. The van der Waals surface area contributed by atoms with E-state index in [-0.39, 0.29) is 0 Å². The zero-order valence-corrected chi connectivity index (χ0v) is 6.49. The molecule has 1 rings (SSSR count). The van der Waals surface area contributed by atoms with Gasteiger partial charge in [-0.3, -0.25) is 0 Å². The second kappa shape index (κ2) is 2.80. The molecule has 0 aromatic carbocycles. The van der Waals surface area contributed by atoms with Gasteiger partial charge in [-0.25, -0.2) is 4.79 Å². The molecule has 0 aliphatic carbocycles. The maximum absolute atomic E-state index is 10.5. The van der Waals surface area contributed by atoms with Gasteiger partial charge in [0.15, 0.2) is 4.87 Å². The molecule has 0 amide bonds. The van der Waals surface area contributed by atoms with Gasteiger partial charge in [-0.2, -0.15) is 0 Å².